The summed E-state index contributed by atoms with van der Waals surface area (Å²) in [5, 5.41) is 0. The van der Waals surface area contributed by atoms with Gasteiger partial charge in [0, 0.05) is 31.4 Å². The van der Waals surface area contributed by atoms with Crippen LogP contribution in [0.1, 0.15) is 58.9 Å². The number of pyridine rings is 1. The van der Waals surface area contributed by atoms with Gasteiger partial charge in [0.05, 0.1) is 13.2 Å². The fraction of sp³-hybridized carbons (Fsp3) is 0.625. The first-order chi connectivity index (χ1) is 14.7. The van der Waals surface area contributed by atoms with Crippen LogP contribution in [0.5, 0.6) is 5.88 Å². The minimum atomic E-state index is -0.477. The highest BCUT2D eigenvalue weighted by molar-refractivity contribution is 5.92. The summed E-state index contributed by atoms with van der Waals surface area (Å²) in [5.41, 5.74) is 1.48. The van der Waals surface area contributed by atoms with E-state index in [4.69, 9.17) is 14.2 Å². The van der Waals surface area contributed by atoms with E-state index in [1.165, 1.54) is 0 Å². The molecule has 1 saturated carbocycles. The quantitative estimate of drug-likeness (QED) is 0.469. The Bertz CT molecular complexity index is 802. The molecule has 0 unspecified atom stereocenters. The lowest BCUT2D eigenvalue weighted by Crippen LogP contribution is -2.42. The van der Waals surface area contributed by atoms with Gasteiger partial charge in [-0.1, -0.05) is 0 Å². The van der Waals surface area contributed by atoms with Gasteiger partial charge in [-0.15, -0.1) is 0 Å². The highest BCUT2D eigenvalue weighted by Crippen LogP contribution is 2.42. The summed E-state index contributed by atoms with van der Waals surface area (Å²) in [6.07, 6.45) is 6.98. The fourth-order valence-electron chi connectivity index (χ4n) is 3.62. The number of rotatable bonds is 7. The largest absolute Gasteiger partial charge is 0.477 e. The van der Waals surface area contributed by atoms with E-state index in [-0.39, 0.29) is 12.1 Å². The average Bonchev–Trinajstić information content (AvgIpc) is 3.55. The predicted molar refractivity (Wildman–Crippen MR) is 118 cm³/mol. The Morgan fingerprint density at radius 3 is 2.52 bits per heavy atom. The molecule has 3 rings (SSSR count). The third-order valence-electron chi connectivity index (χ3n) is 5.38. The van der Waals surface area contributed by atoms with Crippen LogP contribution in [0.25, 0.3) is 5.57 Å². The van der Waals surface area contributed by atoms with Gasteiger partial charge in [0.25, 0.3) is 0 Å². The van der Waals surface area contributed by atoms with Gasteiger partial charge in [-0.05, 0) is 82.4 Å². The van der Waals surface area contributed by atoms with Crippen LogP contribution in [0.15, 0.2) is 24.4 Å². The van der Waals surface area contributed by atoms with Gasteiger partial charge in [0.15, 0.2) is 0 Å². The van der Waals surface area contributed by atoms with Crippen LogP contribution < -0.4 is 4.74 Å². The number of hydrogen-bond acceptors (Lipinski definition) is 6. The number of nitrogens with zero attached hydrogens (tertiary/aromatic N) is 2. The van der Waals surface area contributed by atoms with Crippen LogP contribution in [-0.4, -0.2) is 53.9 Å². The Kier molecular flexibility index (Phi) is 7.57. The molecular formula is C24H34N2O5. The number of amides is 1. The van der Waals surface area contributed by atoms with Crippen molar-refractivity contribution < 1.29 is 23.8 Å². The van der Waals surface area contributed by atoms with Crippen molar-refractivity contribution in [3.05, 3.63) is 30.0 Å². The number of ether oxygens (including phenoxy) is 3. The van der Waals surface area contributed by atoms with E-state index in [2.05, 4.69) is 4.98 Å². The van der Waals surface area contributed by atoms with Gasteiger partial charge in [-0.25, -0.2) is 14.6 Å². The maximum Gasteiger partial charge on any atom is 0.410 e. The molecule has 1 amide bonds. The second kappa shape index (κ2) is 10.2. The molecule has 1 saturated heterocycles. The second-order valence-corrected chi connectivity index (χ2v) is 9.23. The fourth-order valence-corrected chi connectivity index (χ4v) is 3.62. The van der Waals surface area contributed by atoms with Crippen molar-refractivity contribution in [2.45, 2.75) is 59.0 Å². The first-order valence-electron chi connectivity index (χ1n) is 11.2. The summed E-state index contributed by atoms with van der Waals surface area (Å²) < 4.78 is 16.5. The summed E-state index contributed by atoms with van der Waals surface area (Å²) in [6.45, 7) is 9.70. The zero-order valence-electron chi connectivity index (χ0n) is 19.1. The Morgan fingerprint density at radius 1 is 1.19 bits per heavy atom. The number of aromatic nitrogens is 1. The second-order valence-electron chi connectivity index (χ2n) is 9.23. The minimum Gasteiger partial charge on any atom is -0.477 e. The molecule has 2 aliphatic rings. The Balaban J connectivity index is 1.53. The lowest BCUT2D eigenvalue weighted by Gasteiger charge is -2.33. The number of likely N-dealkylation sites (tertiary alicyclic amines) is 1. The standard InChI is InChI=1S/C24H34N2O5/c1-5-29-22(27)15-20(18-6-7-18)19-8-11-25-21(14-19)30-16-17-9-12-26(13-10-17)23(28)31-24(2,3)4/h8,11,14-15,17-18H,5-7,9-10,12-13,16H2,1-4H3. The smallest absolute Gasteiger partial charge is 0.410 e. The van der Waals surface area contributed by atoms with E-state index >= 15 is 0 Å². The minimum absolute atomic E-state index is 0.248. The molecular weight excluding hydrogens is 396 g/mol. The molecule has 1 aromatic heterocycles. The number of esters is 1. The molecule has 7 nitrogen and oxygen atoms in total. The van der Waals surface area contributed by atoms with Crippen molar-refractivity contribution in [1.82, 2.24) is 9.88 Å². The first kappa shape index (κ1) is 23.1. The highest BCUT2D eigenvalue weighted by atomic mass is 16.6. The summed E-state index contributed by atoms with van der Waals surface area (Å²) in [7, 11) is 0. The molecule has 1 aliphatic heterocycles. The SMILES string of the molecule is CCOC(=O)C=C(c1ccnc(OCC2CCN(C(=O)OC(C)(C)C)CC2)c1)C1CC1. The van der Waals surface area contributed by atoms with Crippen molar-refractivity contribution in [2.24, 2.45) is 11.8 Å². The topological polar surface area (TPSA) is 78.0 Å². The Morgan fingerprint density at radius 2 is 1.90 bits per heavy atom. The Labute approximate surface area is 184 Å². The molecule has 1 aliphatic carbocycles. The van der Waals surface area contributed by atoms with E-state index in [1.54, 1.807) is 24.1 Å². The van der Waals surface area contributed by atoms with Crippen molar-refractivity contribution in [3.8, 4) is 5.88 Å². The van der Waals surface area contributed by atoms with Gasteiger partial charge < -0.3 is 19.1 Å². The lowest BCUT2D eigenvalue weighted by molar-refractivity contribution is -0.137. The number of hydrogen-bond donors (Lipinski definition) is 0. The summed E-state index contributed by atoms with van der Waals surface area (Å²) in [6, 6.07) is 3.81. The van der Waals surface area contributed by atoms with Crippen LogP contribution in [0.4, 0.5) is 4.79 Å². The first-order valence-corrected chi connectivity index (χ1v) is 11.2. The molecule has 0 atom stereocenters. The summed E-state index contributed by atoms with van der Waals surface area (Å²) >= 11 is 0. The zero-order valence-corrected chi connectivity index (χ0v) is 19.1. The van der Waals surface area contributed by atoms with Crippen LogP contribution in [0.3, 0.4) is 0 Å². The van der Waals surface area contributed by atoms with Crippen LogP contribution in [-0.2, 0) is 14.3 Å². The van der Waals surface area contributed by atoms with Gasteiger partial charge >= 0.3 is 12.1 Å². The van der Waals surface area contributed by atoms with E-state index in [9.17, 15) is 9.59 Å². The predicted octanol–water partition coefficient (Wildman–Crippen LogP) is 4.46. The zero-order chi connectivity index (χ0) is 22.4. The molecule has 0 N–H and O–H groups in total. The maximum atomic E-state index is 12.2. The van der Waals surface area contributed by atoms with E-state index in [0.717, 1.165) is 36.8 Å². The van der Waals surface area contributed by atoms with Gasteiger partial charge in [0.2, 0.25) is 5.88 Å². The number of carbonyl (C=O) groups is 2. The number of piperidine rings is 1. The van der Waals surface area contributed by atoms with E-state index < -0.39 is 5.60 Å². The average molecular weight is 431 g/mol. The molecule has 2 fully saturated rings. The van der Waals surface area contributed by atoms with Crippen molar-refractivity contribution in [1.29, 1.82) is 0 Å². The molecule has 0 spiro atoms. The van der Waals surface area contributed by atoms with E-state index in [1.807, 2.05) is 32.9 Å². The number of carbonyl (C=O) groups excluding carboxylic acids is 2. The van der Waals surface area contributed by atoms with Gasteiger partial charge in [-0.2, -0.15) is 0 Å². The van der Waals surface area contributed by atoms with Crippen molar-refractivity contribution >= 4 is 17.6 Å². The normalized spacial score (nSPS) is 17.9. The van der Waals surface area contributed by atoms with E-state index in [0.29, 0.717) is 44.0 Å². The lowest BCUT2D eigenvalue weighted by atomic mass is 9.98. The van der Waals surface area contributed by atoms with Crippen LogP contribution in [0, 0.1) is 11.8 Å². The molecule has 31 heavy (non-hydrogen) atoms. The third kappa shape index (κ3) is 7.26. The van der Waals surface area contributed by atoms with Gasteiger partial charge in [-0.3, -0.25) is 0 Å². The molecule has 0 bridgehead atoms. The monoisotopic (exact) mass is 430 g/mol. The molecule has 170 valence electrons. The highest BCUT2D eigenvalue weighted by Gasteiger charge is 2.29. The molecule has 0 radical (unpaired) electrons. The van der Waals surface area contributed by atoms with Crippen LogP contribution in [0.2, 0.25) is 0 Å². The summed E-state index contributed by atoms with van der Waals surface area (Å²) in [5.74, 6) is 1.02. The third-order valence-corrected chi connectivity index (χ3v) is 5.38. The van der Waals surface area contributed by atoms with Crippen molar-refractivity contribution in [3.63, 3.8) is 0 Å². The Hall–Kier alpha value is -2.57. The van der Waals surface area contributed by atoms with Crippen LogP contribution >= 0.6 is 0 Å². The van der Waals surface area contributed by atoms with Gasteiger partial charge in [0.1, 0.15) is 5.60 Å². The molecule has 1 aromatic rings. The summed E-state index contributed by atoms with van der Waals surface area (Å²) in [4.78, 5) is 30.2. The number of allylic oxidation sites excluding steroid dienone is 1. The molecule has 7 heteroatoms. The molecule has 0 aromatic carbocycles. The molecule has 2 heterocycles. The maximum absolute atomic E-state index is 12.2. The van der Waals surface area contributed by atoms with Crippen molar-refractivity contribution in [2.75, 3.05) is 26.3 Å².